The Morgan fingerprint density at radius 3 is 2.80 bits per heavy atom. The van der Waals surface area contributed by atoms with Gasteiger partial charge < -0.3 is 9.73 Å². The third kappa shape index (κ3) is 2.33. The number of H-pyrrole nitrogens is 1. The predicted octanol–water partition coefficient (Wildman–Crippen LogP) is 4.71. The van der Waals surface area contributed by atoms with E-state index in [1.807, 2.05) is 26.0 Å². The summed E-state index contributed by atoms with van der Waals surface area (Å²) in [5.41, 5.74) is 3.94. The van der Waals surface area contributed by atoms with Crippen LogP contribution in [0.2, 0.25) is 0 Å². The lowest BCUT2D eigenvalue weighted by Crippen LogP contribution is -2.06. The van der Waals surface area contributed by atoms with Crippen LogP contribution in [0.15, 0.2) is 33.2 Å². The number of fused-ring (bicyclic) bond motifs is 1. The van der Waals surface area contributed by atoms with E-state index in [2.05, 4.69) is 50.5 Å². The minimum atomic E-state index is 0.0798. The molecule has 2 aromatic heterocycles. The second kappa shape index (κ2) is 4.98. The number of nitrogens with one attached hydrogen (secondary N) is 2. The van der Waals surface area contributed by atoms with Gasteiger partial charge in [-0.15, -0.1) is 0 Å². The molecule has 0 saturated heterocycles. The van der Waals surface area contributed by atoms with Crippen LogP contribution in [0.25, 0.3) is 11.0 Å². The first-order chi connectivity index (χ1) is 9.54. The van der Waals surface area contributed by atoms with E-state index in [4.69, 9.17) is 4.42 Å². The maximum Gasteiger partial charge on any atom is 0.134 e. The molecule has 1 aromatic carbocycles. The lowest BCUT2D eigenvalue weighted by Gasteiger charge is -2.12. The quantitative estimate of drug-likeness (QED) is 0.729. The fourth-order valence-electron chi connectivity index (χ4n) is 2.30. The molecule has 0 aliphatic carbocycles. The molecule has 2 heterocycles. The summed E-state index contributed by atoms with van der Waals surface area (Å²) in [6.07, 6.45) is 0. The summed E-state index contributed by atoms with van der Waals surface area (Å²) in [4.78, 5) is 0. The molecule has 0 spiro atoms. The molecule has 5 heteroatoms. The Kier molecular flexibility index (Phi) is 3.30. The smallest absolute Gasteiger partial charge is 0.134 e. The molecule has 1 atom stereocenters. The summed E-state index contributed by atoms with van der Waals surface area (Å²) in [5, 5.41) is 11.7. The number of nitrogens with zero attached hydrogens (tertiary/aromatic N) is 1. The van der Waals surface area contributed by atoms with Crippen LogP contribution in [-0.4, -0.2) is 10.2 Å². The maximum atomic E-state index is 5.90. The van der Waals surface area contributed by atoms with Gasteiger partial charge >= 0.3 is 0 Å². The summed E-state index contributed by atoms with van der Waals surface area (Å²) in [5.74, 6) is 0.915. The monoisotopic (exact) mass is 333 g/mol. The molecule has 1 unspecified atom stereocenters. The summed E-state index contributed by atoms with van der Waals surface area (Å²) < 4.78 is 6.95. The lowest BCUT2D eigenvalue weighted by atomic mass is 10.2. The molecule has 4 nitrogen and oxygen atoms in total. The Balaban J connectivity index is 1.90. The average Bonchev–Trinajstić information content (AvgIpc) is 2.96. The first kappa shape index (κ1) is 13.2. The lowest BCUT2D eigenvalue weighted by molar-refractivity contribution is 0.526. The number of rotatable bonds is 3. The van der Waals surface area contributed by atoms with Crippen molar-refractivity contribution in [2.45, 2.75) is 26.8 Å². The summed E-state index contributed by atoms with van der Waals surface area (Å²) in [7, 11) is 0. The number of hydrogen-bond acceptors (Lipinski definition) is 3. The zero-order valence-corrected chi connectivity index (χ0v) is 13.2. The fraction of sp³-hybridized carbons (Fsp3) is 0.267. The highest BCUT2D eigenvalue weighted by Gasteiger charge is 2.15. The van der Waals surface area contributed by atoms with E-state index < -0.39 is 0 Å². The van der Waals surface area contributed by atoms with Gasteiger partial charge in [-0.2, -0.15) is 5.10 Å². The highest BCUT2D eigenvalue weighted by atomic mass is 79.9. The van der Waals surface area contributed by atoms with Gasteiger partial charge in [0.15, 0.2) is 0 Å². The van der Waals surface area contributed by atoms with Crippen LogP contribution in [0.4, 0.5) is 5.69 Å². The number of anilines is 1. The van der Waals surface area contributed by atoms with Crippen molar-refractivity contribution < 1.29 is 4.42 Å². The van der Waals surface area contributed by atoms with Crippen LogP contribution in [-0.2, 0) is 0 Å². The van der Waals surface area contributed by atoms with Gasteiger partial charge in [-0.3, -0.25) is 5.10 Å². The van der Waals surface area contributed by atoms with E-state index in [0.717, 1.165) is 38.3 Å². The highest BCUT2D eigenvalue weighted by molar-refractivity contribution is 9.10. The van der Waals surface area contributed by atoms with Crippen molar-refractivity contribution in [1.82, 2.24) is 10.2 Å². The largest absolute Gasteiger partial charge is 0.459 e. The summed E-state index contributed by atoms with van der Waals surface area (Å²) in [6, 6.07) is 8.17. The van der Waals surface area contributed by atoms with Crippen molar-refractivity contribution in [1.29, 1.82) is 0 Å². The first-order valence-corrected chi connectivity index (χ1v) is 7.31. The van der Waals surface area contributed by atoms with Gasteiger partial charge in [0.1, 0.15) is 11.3 Å². The Labute approximate surface area is 125 Å². The topological polar surface area (TPSA) is 53.9 Å². The molecular weight excluding hydrogens is 318 g/mol. The molecule has 0 aliphatic rings. The molecule has 0 radical (unpaired) electrons. The van der Waals surface area contributed by atoms with Crippen LogP contribution in [0, 0.1) is 13.8 Å². The van der Waals surface area contributed by atoms with Crippen molar-refractivity contribution in [3.8, 4) is 0 Å². The van der Waals surface area contributed by atoms with Crippen molar-refractivity contribution in [2.24, 2.45) is 0 Å². The van der Waals surface area contributed by atoms with E-state index in [0.29, 0.717) is 0 Å². The number of aromatic nitrogens is 2. The number of benzene rings is 1. The minimum absolute atomic E-state index is 0.0798. The minimum Gasteiger partial charge on any atom is -0.459 e. The first-order valence-electron chi connectivity index (χ1n) is 6.51. The molecule has 0 amide bonds. The maximum absolute atomic E-state index is 5.90. The van der Waals surface area contributed by atoms with Crippen LogP contribution < -0.4 is 5.32 Å². The van der Waals surface area contributed by atoms with Crippen molar-refractivity contribution in [2.75, 3.05) is 5.32 Å². The van der Waals surface area contributed by atoms with E-state index in [-0.39, 0.29) is 6.04 Å². The number of furan rings is 1. The van der Waals surface area contributed by atoms with Crippen LogP contribution in [0.5, 0.6) is 0 Å². The molecule has 3 aromatic rings. The molecule has 0 saturated carbocycles. The molecule has 0 bridgehead atoms. The number of hydrogen-bond donors (Lipinski definition) is 2. The Bertz CT molecular complexity index is 740. The number of halogens is 1. The number of aromatic amines is 1. The third-order valence-electron chi connectivity index (χ3n) is 3.41. The van der Waals surface area contributed by atoms with E-state index in [1.54, 1.807) is 0 Å². The van der Waals surface area contributed by atoms with Crippen LogP contribution in [0.1, 0.15) is 30.1 Å². The van der Waals surface area contributed by atoms with Gasteiger partial charge in [-0.05, 0) is 45.0 Å². The fourth-order valence-corrected chi connectivity index (χ4v) is 2.68. The second-order valence-electron chi connectivity index (χ2n) is 5.01. The van der Waals surface area contributed by atoms with Crippen molar-refractivity contribution in [3.05, 3.63) is 45.9 Å². The Morgan fingerprint density at radius 1 is 1.30 bits per heavy atom. The molecular formula is C15H16BrN3O. The van der Waals surface area contributed by atoms with Gasteiger partial charge in [0.05, 0.1) is 23.1 Å². The van der Waals surface area contributed by atoms with E-state index in [1.165, 1.54) is 0 Å². The van der Waals surface area contributed by atoms with Gasteiger partial charge in [0, 0.05) is 9.86 Å². The number of aryl methyl sites for hydroxylation is 2. The standard InChI is InChI=1S/C15H16BrN3O/c1-8(17-15-9(2)18-19-10(15)3)14-7-11-6-12(16)4-5-13(11)20-14/h4-8,17H,1-3H3,(H,18,19). The Morgan fingerprint density at radius 2 is 2.10 bits per heavy atom. The SMILES string of the molecule is Cc1n[nH]c(C)c1NC(C)c1cc2cc(Br)ccc2o1. The zero-order chi connectivity index (χ0) is 14.3. The second-order valence-corrected chi connectivity index (χ2v) is 5.92. The third-order valence-corrected chi connectivity index (χ3v) is 3.91. The predicted molar refractivity (Wildman–Crippen MR) is 84.0 cm³/mol. The van der Waals surface area contributed by atoms with E-state index in [9.17, 15) is 0 Å². The van der Waals surface area contributed by atoms with Crippen LogP contribution in [0.3, 0.4) is 0 Å². The molecule has 104 valence electrons. The van der Waals surface area contributed by atoms with Gasteiger partial charge in [-0.1, -0.05) is 15.9 Å². The van der Waals surface area contributed by atoms with E-state index >= 15 is 0 Å². The summed E-state index contributed by atoms with van der Waals surface area (Å²) >= 11 is 3.48. The van der Waals surface area contributed by atoms with Crippen molar-refractivity contribution >= 4 is 32.6 Å². The Hall–Kier alpha value is -1.75. The highest BCUT2D eigenvalue weighted by Crippen LogP contribution is 2.29. The average molecular weight is 334 g/mol. The molecule has 3 rings (SSSR count). The molecule has 0 aliphatic heterocycles. The normalized spacial score (nSPS) is 12.8. The van der Waals surface area contributed by atoms with Crippen LogP contribution >= 0.6 is 15.9 Å². The van der Waals surface area contributed by atoms with Gasteiger partial charge in [0.2, 0.25) is 0 Å². The van der Waals surface area contributed by atoms with Gasteiger partial charge in [-0.25, -0.2) is 0 Å². The molecule has 0 fully saturated rings. The summed E-state index contributed by atoms with van der Waals surface area (Å²) in [6.45, 7) is 6.07. The zero-order valence-electron chi connectivity index (χ0n) is 11.6. The van der Waals surface area contributed by atoms with Gasteiger partial charge in [0.25, 0.3) is 0 Å². The molecule has 20 heavy (non-hydrogen) atoms. The molecule has 2 N–H and O–H groups in total. The van der Waals surface area contributed by atoms with Crippen molar-refractivity contribution in [3.63, 3.8) is 0 Å².